The van der Waals surface area contributed by atoms with Crippen molar-refractivity contribution in [1.29, 1.82) is 0 Å². The first-order chi connectivity index (χ1) is 6.69. The zero-order chi connectivity index (χ0) is 10.6. The van der Waals surface area contributed by atoms with Crippen molar-refractivity contribution < 1.29 is 4.39 Å². The average Bonchev–Trinajstić information content (AvgIpc) is 2.21. The summed E-state index contributed by atoms with van der Waals surface area (Å²) in [5.74, 6) is 0.490. The first kappa shape index (κ1) is 11.3. The third kappa shape index (κ3) is 2.62. The summed E-state index contributed by atoms with van der Waals surface area (Å²) in [7, 11) is 0. The number of rotatable bonds is 3. The number of alkyl halides is 1. The maximum Gasteiger partial charge on any atom is 0.103 e. The van der Waals surface area contributed by atoms with Crippen molar-refractivity contribution in [2.45, 2.75) is 39.3 Å². The van der Waals surface area contributed by atoms with E-state index in [-0.39, 0.29) is 0 Å². The van der Waals surface area contributed by atoms with Crippen LogP contribution in [0, 0.1) is 5.92 Å². The number of likely N-dealkylation sites (tertiary alicyclic amines) is 1. The minimum absolute atomic E-state index is 0.490. The highest BCUT2D eigenvalue weighted by Crippen LogP contribution is 2.23. The Kier molecular flexibility index (Phi) is 4.21. The number of halogens is 1. The molecule has 0 aromatic heterocycles. The molecule has 0 radical (unpaired) electrons. The van der Waals surface area contributed by atoms with Crippen LogP contribution in [0.3, 0.4) is 0 Å². The van der Waals surface area contributed by atoms with Gasteiger partial charge in [-0.25, -0.2) is 4.39 Å². The third-order valence-electron chi connectivity index (χ3n) is 3.03. The predicted octanol–water partition coefficient (Wildman–Crippen LogP) is 3.14. The van der Waals surface area contributed by atoms with Crippen LogP contribution in [0.25, 0.3) is 0 Å². The van der Waals surface area contributed by atoms with Crippen molar-refractivity contribution in [2.75, 3.05) is 13.1 Å². The topological polar surface area (TPSA) is 3.24 Å². The van der Waals surface area contributed by atoms with Crippen LogP contribution >= 0.6 is 0 Å². The Morgan fingerprint density at radius 1 is 1.57 bits per heavy atom. The minimum atomic E-state index is -0.603. The summed E-state index contributed by atoms with van der Waals surface area (Å²) in [5, 5.41) is 0. The monoisotopic (exact) mass is 197 g/mol. The van der Waals surface area contributed by atoms with Crippen molar-refractivity contribution in [2.24, 2.45) is 5.92 Å². The van der Waals surface area contributed by atoms with Crippen LogP contribution in [0.1, 0.15) is 33.1 Å². The van der Waals surface area contributed by atoms with Crippen molar-refractivity contribution >= 4 is 0 Å². The van der Waals surface area contributed by atoms with E-state index < -0.39 is 6.17 Å². The lowest BCUT2D eigenvalue weighted by atomic mass is 10.0. The normalized spacial score (nSPS) is 20.4. The van der Waals surface area contributed by atoms with Gasteiger partial charge in [0.1, 0.15) is 6.17 Å². The first-order valence-electron chi connectivity index (χ1n) is 5.48. The van der Waals surface area contributed by atoms with Gasteiger partial charge in [-0.3, -0.25) is 0 Å². The fourth-order valence-corrected chi connectivity index (χ4v) is 1.88. The molecule has 1 fully saturated rings. The zero-order valence-corrected chi connectivity index (χ0v) is 9.22. The lowest BCUT2D eigenvalue weighted by Crippen LogP contribution is -2.35. The Bertz CT molecular complexity index is 222. The molecule has 0 spiro atoms. The highest BCUT2D eigenvalue weighted by atomic mass is 19.1. The van der Waals surface area contributed by atoms with Gasteiger partial charge in [-0.1, -0.05) is 20.4 Å². The van der Waals surface area contributed by atoms with E-state index in [1.165, 1.54) is 5.70 Å². The van der Waals surface area contributed by atoms with Gasteiger partial charge in [0.05, 0.1) is 5.70 Å². The number of hydrogen-bond donors (Lipinski definition) is 0. The summed E-state index contributed by atoms with van der Waals surface area (Å²) in [6.45, 7) is 9.70. The van der Waals surface area contributed by atoms with E-state index in [0.29, 0.717) is 18.8 Å². The van der Waals surface area contributed by atoms with Crippen molar-refractivity contribution in [3.63, 3.8) is 0 Å². The molecule has 0 saturated carbocycles. The van der Waals surface area contributed by atoms with E-state index in [0.717, 1.165) is 19.5 Å². The van der Waals surface area contributed by atoms with Gasteiger partial charge >= 0.3 is 0 Å². The second-order valence-corrected chi connectivity index (χ2v) is 4.03. The maximum absolute atomic E-state index is 12.9. The molecular formula is C12H20FN. The number of nitrogens with zero attached hydrogens (tertiary/aromatic N) is 1. The summed E-state index contributed by atoms with van der Waals surface area (Å²) in [6.07, 6.45) is 1.80. The molecule has 80 valence electrons. The fourth-order valence-electron chi connectivity index (χ4n) is 1.88. The Morgan fingerprint density at radius 3 is 2.57 bits per heavy atom. The largest absolute Gasteiger partial charge is 0.368 e. The van der Waals surface area contributed by atoms with Crippen LogP contribution in [0.4, 0.5) is 4.39 Å². The Balaban J connectivity index is 2.59. The second-order valence-electron chi connectivity index (χ2n) is 4.03. The van der Waals surface area contributed by atoms with Crippen LogP contribution in [0.5, 0.6) is 0 Å². The van der Waals surface area contributed by atoms with Crippen LogP contribution in [-0.4, -0.2) is 24.2 Å². The minimum Gasteiger partial charge on any atom is -0.368 e. The van der Waals surface area contributed by atoms with Crippen LogP contribution < -0.4 is 0 Å². The highest BCUT2D eigenvalue weighted by molar-refractivity contribution is 5.03. The van der Waals surface area contributed by atoms with Gasteiger partial charge in [0.2, 0.25) is 0 Å². The summed E-state index contributed by atoms with van der Waals surface area (Å²) >= 11 is 0. The molecule has 1 atom stereocenters. The van der Waals surface area contributed by atoms with Gasteiger partial charge in [-0.15, -0.1) is 5.73 Å². The lowest BCUT2D eigenvalue weighted by molar-refractivity contribution is 0.169. The molecular weight excluding hydrogens is 177 g/mol. The molecule has 1 rings (SSSR count). The van der Waals surface area contributed by atoms with Crippen LogP contribution in [0.15, 0.2) is 18.0 Å². The summed E-state index contributed by atoms with van der Waals surface area (Å²) < 4.78 is 12.9. The summed E-state index contributed by atoms with van der Waals surface area (Å²) in [5.41, 5.74) is 4.17. The number of hydrogen-bond acceptors (Lipinski definition) is 1. The molecule has 1 aliphatic heterocycles. The molecule has 14 heavy (non-hydrogen) atoms. The van der Waals surface area contributed by atoms with Gasteiger partial charge < -0.3 is 4.90 Å². The SMILES string of the molecule is C=C=C(C(C)CC)N1CCC(F)CC1. The smallest absolute Gasteiger partial charge is 0.103 e. The Morgan fingerprint density at radius 2 is 2.14 bits per heavy atom. The van der Waals surface area contributed by atoms with E-state index in [1.807, 2.05) is 0 Å². The van der Waals surface area contributed by atoms with E-state index in [2.05, 4.69) is 31.1 Å². The van der Waals surface area contributed by atoms with Crippen molar-refractivity contribution in [3.05, 3.63) is 18.0 Å². The van der Waals surface area contributed by atoms with Crippen molar-refractivity contribution in [1.82, 2.24) is 4.90 Å². The van der Waals surface area contributed by atoms with Crippen molar-refractivity contribution in [3.8, 4) is 0 Å². The van der Waals surface area contributed by atoms with E-state index in [9.17, 15) is 4.39 Å². The molecule has 1 saturated heterocycles. The molecule has 0 aliphatic carbocycles. The molecule has 1 aliphatic rings. The van der Waals surface area contributed by atoms with Crippen LogP contribution in [-0.2, 0) is 0 Å². The Hall–Kier alpha value is -0.750. The molecule has 1 unspecified atom stereocenters. The zero-order valence-electron chi connectivity index (χ0n) is 9.22. The molecule has 1 nitrogen and oxygen atoms in total. The quantitative estimate of drug-likeness (QED) is 0.628. The summed E-state index contributed by atoms with van der Waals surface area (Å²) in [6, 6.07) is 0. The standard InChI is InChI=1S/C12H20FN/c1-4-10(3)12(5-2)14-8-6-11(13)7-9-14/h10-11H,2,4,6-9H2,1,3H3. The van der Waals surface area contributed by atoms with E-state index in [1.54, 1.807) is 0 Å². The van der Waals surface area contributed by atoms with Gasteiger partial charge in [0, 0.05) is 19.0 Å². The maximum atomic E-state index is 12.9. The van der Waals surface area contributed by atoms with E-state index in [4.69, 9.17) is 0 Å². The van der Waals surface area contributed by atoms with Gasteiger partial charge in [0.25, 0.3) is 0 Å². The highest BCUT2D eigenvalue weighted by Gasteiger charge is 2.21. The Labute approximate surface area is 86.3 Å². The molecule has 0 amide bonds. The van der Waals surface area contributed by atoms with Crippen LogP contribution in [0.2, 0.25) is 0 Å². The fraction of sp³-hybridized carbons (Fsp3) is 0.750. The lowest BCUT2D eigenvalue weighted by Gasteiger charge is -2.33. The summed E-state index contributed by atoms with van der Waals surface area (Å²) in [4.78, 5) is 2.23. The molecule has 0 N–H and O–H groups in total. The van der Waals surface area contributed by atoms with Gasteiger partial charge in [-0.2, -0.15) is 0 Å². The molecule has 0 aromatic carbocycles. The molecule has 1 heterocycles. The van der Waals surface area contributed by atoms with Gasteiger partial charge in [-0.05, 0) is 19.3 Å². The van der Waals surface area contributed by atoms with Gasteiger partial charge in [0.15, 0.2) is 0 Å². The second kappa shape index (κ2) is 5.21. The molecule has 2 heteroatoms. The number of piperidine rings is 1. The molecule has 0 bridgehead atoms. The van der Waals surface area contributed by atoms with E-state index >= 15 is 0 Å². The first-order valence-corrected chi connectivity index (χ1v) is 5.48. The molecule has 0 aromatic rings. The predicted molar refractivity (Wildman–Crippen MR) is 57.8 cm³/mol. The average molecular weight is 197 g/mol. The number of allylic oxidation sites excluding steroid dienone is 1. The third-order valence-corrected chi connectivity index (χ3v) is 3.03.